The summed E-state index contributed by atoms with van der Waals surface area (Å²) in [5, 5.41) is 0. The van der Waals surface area contributed by atoms with Crippen molar-refractivity contribution in [1.29, 1.82) is 0 Å². The highest BCUT2D eigenvalue weighted by Crippen LogP contribution is 2.21. The van der Waals surface area contributed by atoms with Crippen LogP contribution in [0.5, 0.6) is 11.5 Å². The van der Waals surface area contributed by atoms with Gasteiger partial charge in [0.2, 0.25) is 0 Å². The number of ether oxygens (including phenoxy) is 2. The van der Waals surface area contributed by atoms with E-state index < -0.39 is 17.8 Å². The Morgan fingerprint density at radius 2 is 1.45 bits per heavy atom. The molecule has 0 aromatic heterocycles. The van der Waals surface area contributed by atoms with Gasteiger partial charge in [0.05, 0.1) is 12.7 Å². The van der Waals surface area contributed by atoms with Crippen LogP contribution in [0.3, 0.4) is 0 Å². The fourth-order valence-corrected chi connectivity index (χ4v) is 2.58. The SMILES string of the molecule is COc1ccc(C(=O)NNC(=O)/C=C/c2ccccc2OC(=O)c2ccccc2)cc1. The number of benzene rings is 3. The lowest BCUT2D eigenvalue weighted by Crippen LogP contribution is -2.40. The number of carbonyl (C=O) groups is 3. The number of amides is 2. The van der Waals surface area contributed by atoms with Gasteiger partial charge in [0.25, 0.3) is 11.8 Å². The van der Waals surface area contributed by atoms with E-state index in [4.69, 9.17) is 9.47 Å². The second-order valence-corrected chi connectivity index (χ2v) is 6.30. The molecule has 0 heterocycles. The molecule has 7 nitrogen and oxygen atoms in total. The quantitative estimate of drug-likeness (QED) is 0.278. The molecule has 3 aromatic rings. The van der Waals surface area contributed by atoms with Gasteiger partial charge in [-0.3, -0.25) is 20.4 Å². The largest absolute Gasteiger partial charge is 0.497 e. The number of para-hydroxylation sites is 1. The predicted molar refractivity (Wildman–Crippen MR) is 115 cm³/mol. The monoisotopic (exact) mass is 416 g/mol. The number of carbonyl (C=O) groups excluding carboxylic acids is 3. The normalized spacial score (nSPS) is 10.4. The van der Waals surface area contributed by atoms with E-state index in [0.29, 0.717) is 28.2 Å². The average molecular weight is 416 g/mol. The Morgan fingerprint density at radius 3 is 2.16 bits per heavy atom. The molecule has 0 fully saturated rings. The highest BCUT2D eigenvalue weighted by atomic mass is 16.5. The molecule has 0 unspecified atom stereocenters. The first-order valence-corrected chi connectivity index (χ1v) is 9.35. The highest BCUT2D eigenvalue weighted by molar-refractivity contribution is 5.98. The number of rotatable bonds is 6. The Labute approximate surface area is 179 Å². The summed E-state index contributed by atoms with van der Waals surface area (Å²) < 4.78 is 10.5. The molecule has 0 saturated heterocycles. The van der Waals surface area contributed by atoms with Gasteiger partial charge in [0.15, 0.2) is 0 Å². The molecular formula is C24H20N2O5. The van der Waals surface area contributed by atoms with Crippen LogP contribution >= 0.6 is 0 Å². The van der Waals surface area contributed by atoms with E-state index in [1.54, 1.807) is 78.9 Å². The predicted octanol–water partition coefficient (Wildman–Crippen LogP) is 3.39. The molecule has 3 aromatic carbocycles. The van der Waals surface area contributed by atoms with Crippen molar-refractivity contribution in [3.05, 3.63) is 102 Å². The van der Waals surface area contributed by atoms with Gasteiger partial charge in [-0.2, -0.15) is 0 Å². The van der Waals surface area contributed by atoms with Crippen molar-refractivity contribution in [1.82, 2.24) is 10.9 Å². The van der Waals surface area contributed by atoms with Gasteiger partial charge in [0, 0.05) is 17.2 Å². The smallest absolute Gasteiger partial charge is 0.343 e. The maximum atomic E-state index is 12.3. The Morgan fingerprint density at radius 1 is 0.774 bits per heavy atom. The van der Waals surface area contributed by atoms with Crippen LogP contribution in [0, 0.1) is 0 Å². The van der Waals surface area contributed by atoms with Crippen LogP contribution in [0.15, 0.2) is 84.9 Å². The molecule has 0 aliphatic heterocycles. The number of hydrogen-bond acceptors (Lipinski definition) is 5. The summed E-state index contributed by atoms with van der Waals surface area (Å²) in [5.74, 6) is -0.594. The second-order valence-electron chi connectivity index (χ2n) is 6.30. The molecule has 3 rings (SSSR count). The van der Waals surface area contributed by atoms with Crippen LogP contribution in [0.25, 0.3) is 6.08 Å². The average Bonchev–Trinajstić information content (AvgIpc) is 2.82. The summed E-state index contributed by atoms with van der Waals surface area (Å²) in [7, 11) is 1.53. The van der Waals surface area contributed by atoms with Crippen LogP contribution in [-0.4, -0.2) is 24.9 Å². The molecule has 156 valence electrons. The molecule has 0 atom stereocenters. The van der Waals surface area contributed by atoms with Crippen molar-refractivity contribution in [2.45, 2.75) is 0 Å². The minimum absolute atomic E-state index is 0.308. The second kappa shape index (κ2) is 10.4. The maximum absolute atomic E-state index is 12.3. The number of hydrazine groups is 1. The minimum atomic E-state index is -0.550. The maximum Gasteiger partial charge on any atom is 0.343 e. The fraction of sp³-hybridized carbons (Fsp3) is 0.0417. The van der Waals surface area contributed by atoms with Crippen LogP contribution in [0.4, 0.5) is 0 Å². The number of hydrogen-bond donors (Lipinski definition) is 2. The summed E-state index contributed by atoms with van der Waals surface area (Å²) >= 11 is 0. The van der Waals surface area contributed by atoms with E-state index in [1.165, 1.54) is 19.3 Å². The molecule has 0 radical (unpaired) electrons. The zero-order valence-corrected chi connectivity index (χ0v) is 16.7. The number of methoxy groups -OCH3 is 1. The Kier molecular flexibility index (Phi) is 7.16. The molecular weight excluding hydrogens is 396 g/mol. The Bertz CT molecular complexity index is 1090. The molecule has 2 N–H and O–H groups in total. The standard InChI is InChI=1S/C24H20N2O5/c1-30-20-14-11-18(12-15-20)23(28)26-25-22(27)16-13-17-7-5-6-10-21(17)31-24(29)19-8-3-2-4-9-19/h2-16H,1H3,(H,25,27)(H,26,28)/b16-13+. The van der Waals surface area contributed by atoms with E-state index in [0.717, 1.165) is 0 Å². The van der Waals surface area contributed by atoms with Gasteiger partial charge in [-0.05, 0) is 48.5 Å². The fourth-order valence-electron chi connectivity index (χ4n) is 2.58. The summed E-state index contributed by atoms with van der Waals surface area (Å²) in [6, 6.07) is 21.8. The Hall–Kier alpha value is -4.39. The van der Waals surface area contributed by atoms with Crippen LogP contribution in [-0.2, 0) is 4.79 Å². The van der Waals surface area contributed by atoms with Crippen molar-refractivity contribution < 1.29 is 23.9 Å². The summed E-state index contributed by atoms with van der Waals surface area (Å²) in [6.07, 6.45) is 2.71. The van der Waals surface area contributed by atoms with Gasteiger partial charge in [-0.25, -0.2) is 4.79 Å². The first kappa shape index (κ1) is 21.3. The number of nitrogens with one attached hydrogen (secondary N) is 2. The molecule has 31 heavy (non-hydrogen) atoms. The lowest BCUT2D eigenvalue weighted by atomic mass is 10.2. The summed E-state index contributed by atoms with van der Waals surface area (Å²) in [4.78, 5) is 36.4. The van der Waals surface area contributed by atoms with Crippen molar-refractivity contribution >= 4 is 23.9 Å². The lowest BCUT2D eigenvalue weighted by Gasteiger charge is -2.08. The molecule has 0 aliphatic carbocycles. The minimum Gasteiger partial charge on any atom is -0.497 e. The van der Waals surface area contributed by atoms with Gasteiger partial charge < -0.3 is 9.47 Å². The van der Waals surface area contributed by atoms with E-state index in [9.17, 15) is 14.4 Å². The molecule has 0 aliphatic rings. The lowest BCUT2D eigenvalue weighted by molar-refractivity contribution is -0.117. The molecule has 2 amide bonds. The molecule has 0 saturated carbocycles. The Balaban J connectivity index is 1.59. The van der Waals surface area contributed by atoms with Gasteiger partial charge in [-0.15, -0.1) is 0 Å². The van der Waals surface area contributed by atoms with E-state index in [2.05, 4.69) is 10.9 Å². The third kappa shape index (κ3) is 6.04. The summed E-state index contributed by atoms with van der Waals surface area (Å²) in [5.41, 5.74) is 5.94. The highest BCUT2D eigenvalue weighted by Gasteiger charge is 2.10. The number of esters is 1. The van der Waals surface area contributed by atoms with Crippen LogP contribution in [0.1, 0.15) is 26.3 Å². The van der Waals surface area contributed by atoms with E-state index in [1.807, 2.05) is 0 Å². The van der Waals surface area contributed by atoms with E-state index in [-0.39, 0.29) is 0 Å². The van der Waals surface area contributed by atoms with Crippen molar-refractivity contribution in [2.75, 3.05) is 7.11 Å². The van der Waals surface area contributed by atoms with Gasteiger partial charge in [0.1, 0.15) is 11.5 Å². The van der Waals surface area contributed by atoms with E-state index >= 15 is 0 Å². The summed E-state index contributed by atoms with van der Waals surface area (Å²) in [6.45, 7) is 0. The first-order valence-electron chi connectivity index (χ1n) is 9.35. The van der Waals surface area contributed by atoms with Crippen LogP contribution < -0.4 is 20.3 Å². The molecule has 0 bridgehead atoms. The third-order valence-electron chi connectivity index (χ3n) is 4.20. The van der Waals surface area contributed by atoms with Crippen molar-refractivity contribution in [2.24, 2.45) is 0 Å². The van der Waals surface area contributed by atoms with Gasteiger partial charge >= 0.3 is 5.97 Å². The zero-order chi connectivity index (χ0) is 22.1. The molecule has 7 heteroatoms. The first-order chi connectivity index (χ1) is 15.1. The van der Waals surface area contributed by atoms with Crippen LogP contribution in [0.2, 0.25) is 0 Å². The zero-order valence-electron chi connectivity index (χ0n) is 16.7. The van der Waals surface area contributed by atoms with Gasteiger partial charge in [-0.1, -0.05) is 36.4 Å². The van der Waals surface area contributed by atoms with Crippen molar-refractivity contribution in [3.8, 4) is 11.5 Å². The third-order valence-corrected chi connectivity index (χ3v) is 4.20. The van der Waals surface area contributed by atoms with Crippen molar-refractivity contribution in [3.63, 3.8) is 0 Å². The molecule has 0 spiro atoms. The topological polar surface area (TPSA) is 93.7 Å².